The van der Waals surface area contributed by atoms with Crippen molar-refractivity contribution in [1.82, 2.24) is 19.8 Å². The summed E-state index contributed by atoms with van der Waals surface area (Å²) in [6.07, 6.45) is 10.2. The van der Waals surface area contributed by atoms with Crippen LogP contribution in [0.3, 0.4) is 0 Å². The van der Waals surface area contributed by atoms with Crippen LogP contribution in [-0.4, -0.2) is 59.6 Å². The Bertz CT molecular complexity index is 1120. The Morgan fingerprint density at radius 3 is 2.65 bits per heavy atom. The van der Waals surface area contributed by atoms with Crippen LogP contribution in [0.25, 0.3) is 10.9 Å². The number of nitrogens with zero attached hydrogens (tertiary/aromatic N) is 4. The Kier molecular flexibility index (Phi) is 10.4. The molecule has 2 aromatic heterocycles. The maximum absolute atomic E-state index is 5.88. The second kappa shape index (κ2) is 13.7. The van der Waals surface area contributed by atoms with Gasteiger partial charge in [0.25, 0.3) is 0 Å². The SMILES string of the molecule is CCCCN(CCCc1c(OC)c(C)cc2cccnc12)C(CCN1CCCC1)c1csc(C(C)C)n1. The number of aromatic nitrogens is 2. The van der Waals surface area contributed by atoms with E-state index < -0.39 is 0 Å². The van der Waals surface area contributed by atoms with E-state index in [1.807, 2.05) is 23.6 Å². The molecule has 1 atom stereocenters. The van der Waals surface area contributed by atoms with Crippen LogP contribution in [0.5, 0.6) is 5.75 Å². The van der Waals surface area contributed by atoms with Crippen molar-refractivity contribution in [2.75, 3.05) is 39.8 Å². The van der Waals surface area contributed by atoms with E-state index in [4.69, 9.17) is 14.7 Å². The van der Waals surface area contributed by atoms with Gasteiger partial charge in [-0.25, -0.2) is 4.98 Å². The van der Waals surface area contributed by atoms with Crippen molar-refractivity contribution in [3.8, 4) is 5.75 Å². The molecule has 1 aliphatic rings. The quantitative estimate of drug-likeness (QED) is 0.221. The van der Waals surface area contributed by atoms with Gasteiger partial charge in [0.1, 0.15) is 5.75 Å². The highest BCUT2D eigenvalue weighted by Crippen LogP contribution is 2.33. The number of aryl methyl sites for hydroxylation is 2. The number of hydrogen-bond donors (Lipinski definition) is 0. The van der Waals surface area contributed by atoms with E-state index in [1.165, 1.54) is 72.5 Å². The minimum Gasteiger partial charge on any atom is -0.496 e. The smallest absolute Gasteiger partial charge is 0.127 e. The van der Waals surface area contributed by atoms with Crippen molar-refractivity contribution in [1.29, 1.82) is 0 Å². The lowest BCUT2D eigenvalue weighted by Crippen LogP contribution is -2.34. The van der Waals surface area contributed by atoms with Gasteiger partial charge in [0.15, 0.2) is 0 Å². The summed E-state index contributed by atoms with van der Waals surface area (Å²) in [5, 5.41) is 4.80. The Morgan fingerprint density at radius 1 is 1.16 bits per heavy atom. The van der Waals surface area contributed by atoms with Gasteiger partial charge < -0.3 is 9.64 Å². The summed E-state index contributed by atoms with van der Waals surface area (Å²) in [6.45, 7) is 14.8. The zero-order valence-electron chi connectivity index (χ0n) is 23.6. The normalized spacial score (nSPS) is 15.3. The molecule has 0 radical (unpaired) electrons. The minimum absolute atomic E-state index is 0.380. The van der Waals surface area contributed by atoms with Crippen molar-refractivity contribution >= 4 is 22.2 Å². The Balaban J connectivity index is 1.55. The van der Waals surface area contributed by atoms with Crippen LogP contribution in [0.1, 0.15) is 93.1 Å². The standard InChI is InChI=1S/C31H46N4OS/c1-6-7-18-35(19-11-13-26-29-25(12-10-15-32-29)21-24(4)30(26)36-5)28(14-20-34-16-8-9-17-34)27-22-37-31(33-27)23(2)3/h10,12,15,21-23,28H,6-9,11,13-14,16-20H2,1-5H3. The summed E-state index contributed by atoms with van der Waals surface area (Å²) >= 11 is 1.84. The molecule has 3 aromatic rings. The summed E-state index contributed by atoms with van der Waals surface area (Å²) in [4.78, 5) is 15.3. The number of rotatable bonds is 14. The largest absolute Gasteiger partial charge is 0.496 e. The number of thiazole rings is 1. The highest BCUT2D eigenvalue weighted by Gasteiger charge is 2.25. The molecule has 37 heavy (non-hydrogen) atoms. The van der Waals surface area contributed by atoms with E-state index in [2.05, 4.69) is 55.0 Å². The van der Waals surface area contributed by atoms with Crippen molar-refractivity contribution in [2.45, 2.75) is 84.6 Å². The molecule has 0 saturated carbocycles. The number of hydrogen-bond acceptors (Lipinski definition) is 6. The van der Waals surface area contributed by atoms with Gasteiger partial charge in [-0.15, -0.1) is 11.3 Å². The van der Waals surface area contributed by atoms with Gasteiger partial charge in [-0.2, -0.15) is 0 Å². The summed E-state index contributed by atoms with van der Waals surface area (Å²) in [7, 11) is 1.79. The Hall–Kier alpha value is -2.02. The van der Waals surface area contributed by atoms with Crippen molar-refractivity contribution in [3.63, 3.8) is 0 Å². The highest BCUT2D eigenvalue weighted by molar-refractivity contribution is 7.09. The first-order valence-corrected chi connectivity index (χ1v) is 15.2. The first-order valence-electron chi connectivity index (χ1n) is 14.3. The molecule has 0 N–H and O–H groups in total. The predicted molar refractivity (Wildman–Crippen MR) is 157 cm³/mol. The number of unbranched alkanes of at least 4 members (excludes halogenated alkanes) is 1. The summed E-state index contributed by atoms with van der Waals surface area (Å²) in [6, 6.07) is 6.76. The van der Waals surface area contributed by atoms with E-state index in [1.54, 1.807) is 7.11 Å². The van der Waals surface area contributed by atoms with Gasteiger partial charge in [-0.3, -0.25) is 9.88 Å². The average molecular weight is 523 g/mol. The zero-order valence-corrected chi connectivity index (χ0v) is 24.4. The lowest BCUT2D eigenvalue weighted by Gasteiger charge is -2.32. The maximum Gasteiger partial charge on any atom is 0.127 e. The van der Waals surface area contributed by atoms with E-state index in [9.17, 15) is 0 Å². The third kappa shape index (κ3) is 7.10. The molecule has 1 unspecified atom stereocenters. The lowest BCUT2D eigenvalue weighted by atomic mass is 9.99. The average Bonchev–Trinajstić information content (AvgIpc) is 3.59. The van der Waals surface area contributed by atoms with Gasteiger partial charge >= 0.3 is 0 Å². The third-order valence-electron chi connectivity index (χ3n) is 7.74. The van der Waals surface area contributed by atoms with Crippen LogP contribution in [0.4, 0.5) is 0 Å². The molecule has 5 nitrogen and oxygen atoms in total. The lowest BCUT2D eigenvalue weighted by molar-refractivity contribution is 0.163. The molecule has 3 heterocycles. The number of methoxy groups -OCH3 is 1. The van der Waals surface area contributed by atoms with Crippen LogP contribution < -0.4 is 4.74 Å². The molecule has 1 aliphatic heterocycles. The fourth-order valence-electron chi connectivity index (χ4n) is 5.74. The first kappa shape index (κ1) is 28.0. The van der Waals surface area contributed by atoms with E-state index in [0.29, 0.717) is 12.0 Å². The van der Waals surface area contributed by atoms with Crippen LogP contribution in [0.2, 0.25) is 0 Å². The molecule has 1 fully saturated rings. The maximum atomic E-state index is 5.88. The molecule has 0 spiro atoms. The monoisotopic (exact) mass is 522 g/mol. The topological polar surface area (TPSA) is 41.5 Å². The fourth-order valence-corrected chi connectivity index (χ4v) is 6.62. The number of benzene rings is 1. The van der Waals surface area contributed by atoms with Gasteiger partial charge in [0.2, 0.25) is 0 Å². The van der Waals surface area contributed by atoms with Crippen molar-refractivity contribution in [2.24, 2.45) is 0 Å². The van der Waals surface area contributed by atoms with Crippen LogP contribution in [0.15, 0.2) is 29.8 Å². The molecule has 1 aromatic carbocycles. The second-order valence-corrected chi connectivity index (χ2v) is 11.8. The van der Waals surface area contributed by atoms with E-state index in [-0.39, 0.29) is 0 Å². The molecule has 6 heteroatoms. The van der Waals surface area contributed by atoms with E-state index >= 15 is 0 Å². The predicted octanol–water partition coefficient (Wildman–Crippen LogP) is 7.39. The van der Waals surface area contributed by atoms with Crippen LogP contribution in [-0.2, 0) is 6.42 Å². The molecular formula is C31H46N4OS. The molecular weight excluding hydrogens is 476 g/mol. The molecule has 4 rings (SSSR count). The summed E-state index contributed by atoms with van der Waals surface area (Å²) in [5.74, 6) is 1.48. The number of ether oxygens (including phenoxy) is 1. The van der Waals surface area contributed by atoms with Gasteiger partial charge in [0.05, 0.1) is 29.4 Å². The second-order valence-electron chi connectivity index (χ2n) is 10.9. The molecule has 0 bridgehead atoms. The molecule has 202 valence electrons. The summed E-state index contributed by atoms with van der Waals surface area (Å²) < 4.78 is 5.88. The van der Waals surface area contributed by atoms with E-state index in [0.717, 1.165) is 43.6 Å². The molecule has 0 amide bonds. The van der Waals surface area contributed by atoms with Crippen molar-refractivity contribution < 1.29 is 4.74 Å². The fraction of sp³-hybridized carbons (Fsp3) is 0.613. The van der Waals surface area contributed by atoms with Gasteiger partial charge in [0, 0.05) is 35.0 Å². The summed E-state index contributed by atoms with van der Waals surface area (Å²) in [5.41, 5.74) is 4.80. The first-order chi connectivity index (χ1) is 18.0. The zero-order chi connectivity index (χ0) is 26.2. The van der Waals surface area contributed by atoms with Crippen LogP contribution >= 0.6 is 11.3 Å². The molecule has 0 aliphatic carbocycles. The third-order valence-corrected chi connectivity index (χ3v) is 8.90. The Morgan fingerprint density at radius 2 is 1.95 bits per heavy atom. The molecule has 1 saturated heterocycles. The minimum atomic E-state index is 0.380. The number of fused-ring (bicyclic) bond motifs is 1. The van der Waals surface area contributed by atoms with Gasteiger partial charge in [-0.1, -0.05) is 33.3 Å². The van der Waals surface area contributed by atoms with Crippen molar-refractivity contribution in [3.05, 3.63) is 51.6 Å². The van der Waals surface area contributed by atoms with Gasteiger partial charge in [-0.05, 0) is 89.3 Å². The Labute approximate surface area is 228 Å². The van der Waals surface area contributed by atoms with Crippen LogP contribution in [0, 0.1) is 6.92 Å². The highest BCUT2D eigenvalue weighted by atomic mass is 32.1. The number of pyridine rings is 1. The number of likely N-dealkylation sites (tertiary alicyclic amines) is 1.